The molecule has 0 spiro atoms. The minimum Gasteiger partial charge on any atom is -0.506 e. The largest absolute Gasteiger partial charge is 0.506 e. The highest BCUT2D eigenvalue weighted by Crippen LogP contribution is 2.32. The number of piperidine rings is 1. The van der Waals surface area contributed by atoms with Gasteiger partial charge in [-0.1, -0.05) is 24.3 Å². The molecule has 2 aliphatic rings. The molecular weight excluding hydrogens is 441 g/mol. The minimum atomic E-state index is -4.31. The molecular formula is C26H29F3N4O. The second kappa shape index (κ2) is 9.43. The number of phenolic OH excluding ortho intramolecular Hbond substituents is 1. The summed E-state index contributed by atoms with van der Waals surface area (Å²) < 4.78 is 39.2. The van der Waals surface area contributed by atoms with Crippen LogP contribution in [0, 0.1) is 0 Å². The van der Waals surface area contributed by atoms with Crippen LogP contribution >= 0.6 is 0 Å². The van der Waals surface area contributed by atoms with Crippen molar-refractivity contribution in [2.24, 2.45) is 0 Å². The lowest BCUT2D eigenvalue weighted by atomic mass is 10.0. The number of piperazine rings is 1. The van der Waals surface area contributed by atoms with E-state index in [1.807, 2.05) is 24.3 Å². The number of phenols is 1. The average molecular weight is 471 g/mol. The predicted molar refractivity (Wildman–Crippen MR) is 127 cm³/mol. The van der Waals surface area contributed by atoms with Gasteiger partial charge in [0, 0.05) is 62.9 Å². The van der Waals surface area contributed by atoms with Crippen LogP contribution in [0.2, 0.25) is 0 Å². The van der Waals surface area contributed by atoms with Crippen molar-refractivity contribution in [1.82, 2.24) is 14.8 Å². The number of pyridine rings is 1. The SMILES string of the molecule is Oc1cccc2ccc(CN3CCC(N4CCN(c5cccc(C(F)(F)F)c5)CC4)CC3)nc12. The Morgan fingerprint density at radius 2 is 1.62 bits per heavy atom. The van der Waals surface area contributed by atoms with Crippen LogP contribution in [0.1, 0.15) is 24.1 Å². The van der Waals surface area contributed by atoms with E-state index in [1.54, 1.807) is 12.1 Å². The van der Waals surface area contributed by atoms with Crippen LogP contribution in [0.4, 0.5) is 18.9 Å². The van der Waals surface area contributed by atoms with Gasteiger partial charge in [-0.15, -0.1) is 0 Å². The maximum absolute atomic E-state index is 13.1. The van der Waals surface area contributed by atoms with Gasteiger partial charge in [0.05, 0.1) is 11.3 Å². The summed E-state index contributed by atoms with van der Waals surface area (Å²) in [6.07, 6.45) is -2.17. The molecule has 2 aromatic carbocycles. The molecule has 1 N–H and O–H groups in total. The Bertz CT molecular complexity index is 1140. The second-order valence-corrected chi connectivity index (χ2v) is 9.23. The Kier molecular flexibility index (Phi) is 6.36. The van der Waals surface area contributed by atoms with Gasteiger partial charge in [-0.05, 0) is 43.2 Å². The molecule has 3 heterocycles. The van der Waals surface area contributed by atoms with Gasteiger partial charge in [-0.2, -0.15) is 13.2 Å². The molecule has 3 aromatic rings. The van der Waals surface area contributed by atoms with Crippen LogP contribution < -0.4 is 4.90 Å². The first-order valence-electron chi connectivity index (χ1n) is 11.8. The number of hydrogen-bond acceptors (Lipinski definition) is 5. The van der Waals surface area contributed by atoms with Gasteiger partial charge in [-0.25, -0.2) is 4.98 Å². The number of nitrogens with zero attached hydrogens (tertiary/aromatic N) is 4. The molecule has 1 aromatic heterocycles. The van der Waals surface area contributed by atoms with E-state index < -0.39 is 11.7 Å². The lowest BCUT2D eigenvalue weighted by Gasteiger charge is -2.43. The van der Waals surface area contributed by atoms with E-state index in [2.05, 4.69) is 19.7 Å². The number of aromatic nitrogens is 1. The summed E-state index contributed by atoms with van der Waals surface area (Å²) in [5, 5.41) is 11.0. The molecule has 2 saturated heterocycles. The third-order valence-corrected chi connectivity index (χ3v) is 7.07. The summed E-state index contributed by atoms with van der Waals surface area (Å²) >= 11 is 0. The molecule has 5 rings (SSSR count). The fraction of sp³-hybridized carbons (Fsp3) is 0.423. The normalized spacial score (nSPS) is 19.1. The Morgan fingerprint density at radius 3 is 2.35 bits per heavy atom. The monoisotopic (exact) mass is 470 g/mol. The van der Waals surface area contributed by atoms with Crippen LogP contribution in [0.25, 0.3) is 10.9 Å². The van der Waals surface area contributed by atoms with Crippen LogP contribution in [0.15, 0.2) is 54.6 Å². The number of likely N-dealkylation sites (tertiary alicyclic amines) is 1. The van der Waals surface area contributed by atoms with Crippen molar-refractivity contribution in [1.29, 1.82) is 0 Å². The smallest absolute Gasteiger partial charge is 0.416 e. The molecule has 0 amide bonds. The van der Waals surface area contributed by atoms with Gasteiger partial charge in [0.2, 0.25) is 0 Å². The Hall–Kier alpha value is -2.84. The van der Waals surface area contributed by atoms with E-state index in [-0.39, 0.29) is 5.75 Å². The third kappa shape index (κ3) is 4.98. The Balaban J connectivity index is 1.13. The van der Waals surface area contributed by atoms with Gasteiger partial charge < -0.3 is 10.0 Å². The highest BCUT2D eigenvalue weighted by Gasteiger charge is 2.32. The van der Waals surface area contributed by atoms with E-state index in [1.165, 1.54) is 12.1 Å². The molecule has 34 heavy (non-hydrogen) atoms. The van der Waals surface area contributed by atoms with E-state index >= 15 is 0 Å². The van der Waals surface area contributed by atoms with E-state index in [0.29, 0.717) is 17.2 Å². The summed E-state index contributed by atoms with van der Waals surface area (Å²) in [5.41, 5.74) is 1.67. The molecule has 0 bridgehead atoms. The molecule has 5 nitrogen and oxygen atoms in total. The van der Waals surface area contributed by atoms with Crippen molar-refractivity contribution in [2.75, 3.05) is 44.2 Å². The maximum Gasteiger partial charge on any atom is 0.416 e. The van der Waals surface area contributed by atoms with Crippen molar-refractivity contribution < 1.29 is 18.3 Å². The first-order chi connectivity index (χ1) is 16.4. The van der Waals surface area contributed by atoms with Gasteiger partial charge in [0.25, 0.3) is 0 Å². The quantitative estimate of drug-likeness (QED) is 0.597. The first-order valence-corrected chi connectivity index (χ1v) is 11.8. The fourth-order valence-electron chi connectivity index (χ4n) is 5.16. The van der Waals surface area contributed by atoms with Gasteiger partial charge in [0.15, 0.2) is 0 Å². The minimum absolute atomic E-state index is 0.210. The second-order valence-electron chi connectivity index (χ2n) is 9.23. The van der Waals surface area contributed by atoms with Crippen molar-refractivity contribution >= 4 is 16.6 Å². The van der Waals surface area contributed by atoms with Gasteiger partial charge in [0.1, 0.15) is 11.3 Å². The summed E-state index contributed by atoms with van der Waals surface area (Å²) in [6, 6.07) is 15.6. The molecule has 180 valence electrons. The van der Waals surface area contributed by atoms with Crippen molar-refractivity contribution in [3.05, 3.63) is 65.9 Å². The number of alkyl halides is 3. The Labute approximate surface area is 197 Å². The Morgan fingerprint density at radius 1 is 0.882 bits per heavy atom. The van der Waals surface area contributed by atoms with Crippen molar-refractivity contribution in [3.63, 3.8) is 0 Å². The summed E-state index contributed by atoms with van der Waals surface area (Å²) in [6.45, 7) is 5.95. The number of fused-ring (bicyclic) bond motifs is 1. The highest BCUT2D eigenvalue weighted by atomic mass is 19.4. The van der Waals surface area contributed by atoms with Gasteiger partial charge >= 0.3 is 6.18 Å². The lowest BCUT2D eigenvalue weighted by molar-refractivity contribution is -0.137. The number of rotatable bonds is 4. The van der Waals surface area contributed by atoms with E-state index in [9.17, 15) is 18.3 Å². The molecule has 8 heteroatoms. The molecule has 0 atom stereocenters. The van der Waals surface area contributed by atoms with Crippen LogP contribution in [0.3, 0.4) is 0 Å². The van der Waals surface area contributed by atoms with Crippen molar-refractivity contribution in [3.8, 4) is 5.75 Å². The molecule has 2 aliphatic heterocycles. The van der Waals surface area contributed by atoms with E-state index in [4.69, 9.17) is 0 Å². The number of hydrogen-bond donors (Lipinski definition) is 1. The van der Waals surface area contributed by atoms with Crippen LogP contribution in [-0.4, -0.2) is 65.2 Å². The number of aromatic hydroxyl groups is 1. The lowest BCUT2D eigenvalue weighted by Crippen LogP contribution is -2.53. The zero-order valence-corrected chi connectivity index (χ0v) is 19.0. The molecule has 0 aliphatic carbocycles. The van der Waals surface area contributed by atoms with Crippen LogP contribution in [-0.2, 0) is 12.7 Å². The number of anilines is 1. The third-order valence-electron chi connectivity index (χ3n) is 7.07. The topological polar surface area (TPSA) is 42.8 Å². The highest BCUT2D eigenvalue weighted by molar-refractivity contribution is 5.84. The maximum atomic E-state index is 13.1. The summed E-state index contributed by atoms with van der Waals surface area (Å²) in [4.78, 5) is 11.6. The van der Waals surface area contributed by atoms with Gasteiger partial charge in [-0.3, -0.25) is 9.80 Å². The summed E-state index contributed by atoms with van der Waals surface area (Å²) in [7, 11) is 0. The zero-order chi connectivity index (χ0) is 23.7. The average Bonchev–Trinajstić information content (AvgIpc) is 2.85. The first kappa shape index (κ1) is 22.9. The molecule has 0 radical (unpaired) electrons. The predicted octanol–water partition coefficient (Wildman–Crippen LogP) is 4.75. The van der Waals surface area contributed by atoms with Crippen LogP contribution in [0.5, 0.6) is 5.75 Å². The van der Waals surface area contributed by atoms with Crippen molar-refractivity contribution in [2.45, 2.75) is 31.6 Å². The van der Waals surface area contributed by atoms with E-state index in [0.717, 1.165) is 75.8 Å². The zero-order valence-electron chi connectivity index (χ0n) is 19.0. The molecule has 0 saturated carbocycles. The molecule has 0 unspecified atom stereocenters. The number of halogens is 3. The fourth-order valence-corrected chi connectivity index (χ4v) is 5.16. The molecule has 2 fully saturated rings. The number of para-hydroxylation sites is 1. The summed E-state index contributed by atoms with van der Waals surface area (Å²) in [5.74, 6) is 0.210. The standard InChI is InChI=1S/C26H29F3N4O/c27-26(28,29)20-4-2-5-23(17-20)33-15-13-32(14-16-33)22-9-11-31(12-10-22)18-21-8-7-19-3-1-6-24(34)25(19)30-21/h1-8,17,22,34H,9-16,18H2. The number of benzene rings is 2.